The van der Waals surface area contributed by atoms with E-state index in [9.17, 15) is 4.79 Å². The highest BCUT2D eigenvalue weighted by Crippen LogP contribution is 2.39. The molecular formula is C16H22ClNO2. The fraction of sp³-hybridized carbons (Fsp3) is 0.562. The van der Waals surface area contributed by atoms with Gasteiger partial charge in [0.2, 0.25) is 5.91 Å². The van der Waals surface area contributed by atoms with Gasteiger partial charge in [0.1, 0.15) is 11.6 Å². The Kier molecular flexibility index (Phi) is 4.59. The molecule has 2 atom stereocenters. The molecule has 1 aliphatic rings. The number of likely N-dealkylation sites (tertiary alicyclic amines) is 1. The molecular weight excluding hydrogens is 274 g/mol. The molecule has 1 saturated heterocycles. The third-order valence-electron chi connectivity index (χ3n) is 4.43. The number of halogens is 1. The average Bonchev–Trinajstić information content (AvgIpc) is 2.82. The third-order valence-corrected chi connectivity index (χ3v) is 4.66. The van der Waals surface area contributed by atoms with Crippen LogP contribution in [0.15, 0.2) is 12.1 Å². The summed E-state index contributed by atoms with van der Waals surface area (Å²) in [6.07, 6.45) is 2.02. The van der Waals surface area contributed by atoms with Gasteiger partial charge < -0.3 is 9.64 Å². The van der Waals surface area contributed by atoms with Crippen LogP contribution in [0.1, 0.15) is 42.5 Å². The zero-order valence-corrected chi connectivity index (χ0v) is 13.3. The molecule has 0 N–H and O–H groups in total. The quantitative estimate of drug-likeness (QED) is 0.797. The maximum Gasteiger partial charge on any atom is 0.238 e. The summed E-state index contributed by atoms with van der Waals surface area (Å²) in [5.74, 6) is 0.969. The Balaban J connectivity index is 2.40. The summed E-state index contributed by atoms with van der Waals surface area (Å²) < 4.78 is 5.36. The van der Waals surface area contributed by atoms with Gasteiger partial charge in [-0.1, -0.05) is 6.07 Å². The van der Waals surface area contributed by atoms with Crippen molar-refractivity contribution < 1.29 is 9.53 Å². The molecule has 1 amide bonds. The molecule has 1 aromatic carbocycles. The number of alkyl halides is 1. The van der Waals surface area contributed by atoms with E-state index in [2.05, 4.69) is 26.8 Å². The minimum absolute atomic E-state index is 0.0227. The summed E-state index contributed by atoms with van der Waals surface area (Å²) in [6, 6.07) is 4.47. The molecule has 110 valence electrons. The van der Waals surface area contributed by atoms with Crippen LogP contribution in [0.2, 0.25) is 0 Å². The number of amides is 1. The van der Waals surface area contributed by atoms with Crippen LogP contribution in [-0.2, 0) is 4.79 Å². The van der Waals surface area contributed by atoms with Gasteiger partial charge in [-0.05, 0) is 56.4 Å². The van der Waals surface area contributed by atoms with Crippen LogP contribution in [0.25, 0.3) is 0 Å². The fourth-order valence-electron chi connectivity index (χ4n) is 3.18. The van der Waals surface area contributed by atoms with Crippen LogP contribution in [0.4, 0.5) is 0 Å². The van der Waals surface area contributed by atoms with Crippen molar-refractivity contribution in [3.8, 4) is 5.75 Å². The molecule has 1 fully saturated rings. The minimum Gasteiger partial charge on any atom is -0.496 e. The maximum atomic E-state index is 12.1. The Morgan fingerprint density at radius 3 is 2.65 bits per heavy atom. The Morgan fingerprint density at radius 1 is 1.35 bits per heavy atom. The normalized spacial score (nSPS) is 22.1. The summed E-state index contributed by atoms with van der Waals surface area (Å²) in [5, 5.41) is 0. The lowest BCUT2D eigenvalue weighted by atomic mass is 9.95. The summed E-state index contributed by atoms with van der Waals surface area (Å²) >= 11 is 5.76. The van der Waals surface area contributed by atoms with E-state index >= 15 is 0 Å². The number of ether oxygens (including phenoxy) is 1. The first kappa shape index (κ1) is 15.2. The van der Waals surface area contributed by atoms with E-state index < -0.39 is 0 Å². The number of hydrogen-bond acceptors (Lipinski definition) is 2. The molecule has 0 spiro atoms. The number of carbonyl (C=O) groups excluding carboxylic acids is 1. The molecule has 0 aliphatic carbocycles. The number of carbonyl (C=O) groups is 1. The zero-order chi connectivity index (χ0) is 14.9. The highest BCUT2D eigenvalue weighted by atomic mass is 35.5. The molecule has 0 bridgehead atoms. The van der Waals surface area contributed by atoms with Gasteiger partial charge in [-0.3, -0.25) is 4.79 Å². The average molecular weight is 296 g/mol. The second kappa shape index (κ2) is 6.04. The Hall–Kier alpha value is -1.22. The Morgan fingerprint density at radius 2 is 2.05 bits per heavy atom. The topological polar surface area (TPSA) is 29.5 Å². The number of rotatable bonds is 3. The van der Waals surface area contributed by atoms with Crippen molar-refractivity contribution in [2.24, 2.45) is 0 Å². The Labute approximate surface area is 125 Å². The predicted octanol–water partition coefficient (Wildman–Crippen LogP) is 3.60. The lowest BCUT2D eigenvalue weighted by Crippen LogP contribution is -2.36. The molecule has 1 aromatic rings. The van der Waals surface area contributed by atoms with Crippen molar-refractivity contribution in [2.45, 2.75) is 45.7 Å². The maximum absolute atomic E-state index is 12.1. The second-order valence-corrected chi connectivity index (χ2v) is 5.75. The summed E-state index contributed by atoms with van der Waals surface area (Å²) in [5.41, 5.74) is 3.56. The molecule has 2 rings (SSSR count). The van der Waals surface area contributed by atoms with E-state index in [-0.39, 0.29) is 23.9 Å². The highest BCUT2D eigenvalue weighted by molar-refractivity contribution is 6.27. The van der Waals surface area contributed by atoms with Crippen molar-refractivity contribution in [1.29, 1.82) is 0 Å². The smallest absolute Gasteiger partial charge is 0.238 e. The van der Waals surface area contributed by atoms with Gasteiger partial charge in [-0.2, -0.15) is 0 Å². The minimum atomic E-state index is 0.0227. The van der Waals surface area contributed by atoms with Crippen molar-refractivity contribution >= 4 is 17.5 Å². The molecule has 0 radical (unpaired) electrons. The van der Waals surface area contributed by atoms with E-state index in [0.717, 1.165) is 24.2 Å². The summed E-state index contributed by atoms with van der Waals surface area (Å²) in [4.78, 5) is 14.0. The van der Waals surface area contributed by atoms with Crippen molar-refractivity contribution in [3.63, 3.8) is 0 Å². The van der Waals surface area contributed by atoms with Crippen LogP contribution in [-0.4, -0.2) is 29.8 Å². The van der Waals surface area contributed by atoms with Gasteiger partial charge in [0.15, 0.2) is 0 Å². The van der Waals surface area contributed by atoms with Gasteiger partial charge in [0.25, 0.3) is 0 Å². The molecule has 3 nitrogen and oxygen atoms in total. The summed E-state index contributed by atoms with van der Waals surface area (Å²) in [7, 11) is 1.68. The van der Waals surface area contributed by atoms with Crippen LogP contribution in [0.3, 0.4) is 0 Å². The number of benzene rings is 1. The van der Waals surface area contributed by atoms with Gasteiger partial charge in [-0.15, -0.1) is 11.6 Å². The number of methoxy groups -OCH3 is 1. The molecule has 2 unspecified atom stereocenters. The van der Waals surface area contributed by atoms with Gasteiger partial charge >= 0.3 is 0 Å². The first-order valence-electron chi connectivity index (χ1n) is 7.02. The molecule has 0 saturated carbocycles. The van der Waals surface area contributed by atoms with E-state index in [1.54, 1.807) is 7.11 Å². The Bertz CT molecular complexity index is 515. The van der Waals surface area contributed by atoms with Crippen LogP contribution >= 0.6 is 11.6 Å². The first-order chi connectivity index (χ1) is 9.51. The van der Waals surface area contributed by atoms with Crippen LogP contribution in [0, 0.1) is 13.8 Å². The van der Waals surface area contributed by atoms with Gasteiger partial charge in [0.05, 0.1) is 13.2 Å². The lowest BCUT2D eigenvalue weighted by molar-refractivity contribution is -0.131. The van der Waals surface area contributed by atoms with Crippen molar-refractivity contribution in [1.82, 2.24) is 4.90 Å². The van der Waals surface area contributed by atoms with Gasteiger partial charge in [-0.25, -0.2) is 0 Å². The fourth-order valence-corrected chi connectivity index (χ4v) is 3.32. The highest BCUT2D eigenvalue weighted by Gasteiger charge is 2.35. The molecule has 20 heavy (non-hydrogen) atoms. The van der Waals surface area contributed by atoms with Gasteiger partial charge in [0, 0.05) is 6.04 Å². The number of hydrogen-bond donors (Lipinski definition) is 0. The second-order valence-electron chi connectivity index (χ2n) is 5.48. The van der Waals surface area contributed by atoms with E-state index in [4.69, 9.17) is 16.3 Å². The van der Waals surface area contributed by atoms with Crippen molar-refractivity contribution in [2.75, 3.05) is 13.0 Å². The summed E-state index contributed by atoms with van der Waals surface area (Å²) in [6.45, 7) is 6.25. The van der Waals surface area contributed by atoms with Crippen LogP contribution in [0.5, 0.6) is 5.75 Å². The number of nitrogens with zero attached hydrogens (tertiary/aromatic N) is 1. The zero-order valence-electron chi connectivity index (χ0n) is 12.6. The first-order valence-corrected chi connectivity index (χ1v) is 7.56. The third kappa shape index (κ3) is 2.51. The molecule has 0 aromatic heterocycles. The van der Waals surface area contributed by atoms with E-state index in [0.29, 0.717) is 0 Å². The predicted molar refractivity (Wildman–Crippen MR) is 81.5 cm³/mol. The largest absolute Gasteiger partial charge is 0.496 e. The molecule has 1 heterocycles. The SMILES string of the molecule is COc1ccc(C2CCC(C)N2C(=O)CCl)c(C)c1C. The molecule has 4 heteroatoms. The van der Waals surface area contributed by atoms with Crippen molar-refractivity contribution in [3.05, 3.63) is 28.8 Å². The van der Waals surface area contributed by atoms with E-state index in [1.165, 1.54) is 11.1 Å². The molecule has 1 aliphatic heterocycles. The van der Waals surface area contributed by atoms with Crippen LogP contribution < -0.4 is 4.74 Å². The monoisotopic (exact) mass is 295 g/mol. The lowest BCUT2D eigenvalue weighted by Gasteiger charge is -2.30. The standard InChI is InChI=1S/C16H22ClNO2/c1-10-5-7-14(18(10)16(19)9-17)13-6-8-15(20-4)12(3)11(13)2/h6,8,10,14H,5,7,9H2,1-4H3. The van der Waals surface area contributed by atoms with E-state index in [1.807, 2.05) is 11.0 Å².